The Hall–Kier alpha value is -3.24. The van der Waals surface area contributed by atoms with Gasteiger partial charge in [-0.05, 0) is 54.9 Å². The number of aryl methyl sites for hydroxylation is 1. The molecule has 1 fully saturated rings. The summed E-state index contributed by atoms with van der Waals surface area (Å²) in [6.45, 7) is 4.40. The highest BCUT2D eigenvalue weighted by Gasteiger charge is 2.35. The van der Waals surface area contributed by atoms with E-state index in [1.807, 2.05) is 44.2 Å². The fourth-order valence-electron chi connectivity index (χ4n) is 2.89. The smallest absolute Gasteiger partial charge is 0.293 e. The van der Waals surface area contributed by atoms with E-state index in [1.54, 1.807) is 24.3 Å². The summed E-state index contributed by atoms with van der Waals surface area (Å²) in [4.78, 5) is 26.7. The second kappa shape index (κ2) is 9.30. The predicted molar refractivity (Wildman–Crippen MR) is 111 cm³/mol. The summed E-state index contributed by atoms with van der Waals surface area (Å²) in [5.41, 5.74) is 2.69. The van der Waals surface area contributed by atoms with Crippen LogP contribution in [-0.4, -0.2) is 29.3 Å². The van der Waals surface area contributed by atoms with Crippen molar-refractivity contribution in [2.24, 2.45) is 0 Å². The van der Waals surface area contributed by atoms with Gasteiger partial charge >= 0.3 is 0 Å². The van der Waals surface area contributed by atoms with Gasteiger partial charge in [0.05, 0.1) is 18.1 Å². The molecule has 0 spiro atoms. The SMILES string of the molecule is CCOc1cc(/C=C2\SC(=O)N(Cc3cccc(C)c3)C2=O)ccc1OCC#N. The molecule has 29 heavy (non-hydrogen) atoms. The van der Waals surface area contributed by atoms with Crippen molar-refractivity contribution < 1.29 is 19.1 Å². The molecule has 3 rings (SSSR count). The average Bonchev–Trinajstić information content (AvgIpc) is 2.95. The molecule has 1 aliphatic heterocycles. The molecular weight excluding hydrogens is 388 g/mol. The Balaban J connectivity index is 1.81. The first kappa shape index (κ1) is 20.5. The van der Waals surface area contributed by atoms with Gasteiger partial charge in [0.25, 0.3) is 11.1 Å². The Morgan fingerprint density at radius 2 is 1.97 bits per heavy atom. The minimum absolute atomic E-state index is 0.0860. The largest absolute Gasteiger partial charge is 0.490 e. The number of nitrogens with zero attached hydrogens (tertiary/aromatic N) is 2. The molecule has 6 nitrogen and oxygen atoms in total. The van der Waals surface area contributed by atoms with Crippen LogP contribution in [0.4, 0.5) is 4.79 Å². The molecule has 148 valence electrons. The maximum absolute atomic E-state index is 12.8. The first-order chi connectivity index (χ1) is 14.0. The molecule has 2 amide bonds. The minimum atomic E-state index is -0.315. The molecule has 0 bridgehead atoms. The van der Waals surface area contributed by atoms with E-state index >= 15 is 0 Å². The summed E-state index contributed by atoms with van der Waals surface area (Å²) < 4.78 is 10.9. The monoisotopic (exact) mass is 408 g/mol. The van der Waals surface area contributed by atoms with E-state index in [2.05, 4.69) is 0 Å². The summed E-state index contributed by atoms with van der Waals surface area (Å²) in [5.74, 6) is 0.623. The predicted octanol–water partition coefficient (Wildman–Crippen LogP) is 4.53. The Kier molecular flexibility index (Phi) is 6.57. The van der Waals surface area contributed by atoms with E-state index in [0.717, 1.165) is 22.9 Å². The second-order valence-electron chi connectivity index (χ2n) is 6.34. The highest BCUT2D eigenvalue weighted by Crippen LogP contribution is 2.35. The van der Waals surface area contributed by atoms with E-state index in [0.29, 0.717) is 28.6 Å². The average molecular weight is 408 g/mol. The van der Waals surface area contributed by atoms with Gasteiger partial charge < -0.3 is 9.47 Å². The van der Waals surface area contributed by atoms with Crippen LogP contribution in [0.2, 0.25) is 0 Å². The van der Waals surface area contributed by atoms with Crippen LogP contribution in [0.3, 0.4) is 0 Å². The Bertz CT molecular complexity index is 1010. The van der Waals surface area contributed by atoms with Gasteiger partial charge in [0.15, 0.2) is 18.1 Å². The van der Waals surface area contributed by atoms with Crippen LogP contribution in [0, 0.1) is 18.3 Å². The number of benzene rings is 2. The Morgan fingerprint density at radius 1 is 1.14 bits per heavy atom. The zero-order valence-electron chi connectivity index (χ0n) is 16.2. The van der Waals surface area contributed by atoms with Gasteiger partial charge in [0, 0.05) is 0 Å². The number of thioether (sulfide) groups is 1. The third kappa shape index (κ3) is 4.98. The highest BCUT2D eigenvalue weighted by atomic mass is 32.2. The summed E-state index contributed by atoms with van der Waals surface area (Å²) in [6, 6.07) is 14.8. The van der Waals surface area contributed by atoms with Gasteiger partial charge in [0.2, 0.25) is 0 Å². The zero-order chi connectivity index (χ0) is 20.8. The molecular formula is C22H20N2O4S. The van der Waals surface area contributed by atoms with Gasteiger partial charge in [-0.1, -0.05) is 35.9 Å². The van der Waals surface area contributed by atoms with Gasteiger partial charge in [-0.15, -0.1) is 0 Å². The molecule has 1 heterocycles. The molecule has 0 unspecified atom stereocenters. The Morgan fingerprint density at radius 3 is 2.69 bits per heavy atom. The number of amides is 2. The van der Waals surface area contributed by atoms with Crippen LogP contribution in [0.1, 0.15) is 23.6 Å². The lowest BCUT2D eigenvalue weighted by Gasteiger charge is -2.13. The molecule has 2 aromatic carbocycles. The van der Waals surface area contributed by atoms with Crippen LogP contribution < -0.4 is 9.47 Å². The Labute approximate surface area is 173 Å². The van der Waals surface area contributed by atoms with Crippen molar-refractivity contribution in [2.75, 3.05) is 13.2 Å². The molecule has 2 aromatic rings. The van der Waals surface area contributed by atoms with Crippen LogP contribution in [0.15, 0.2) is 47.4 Å². The van der Waals surface area contributed by atoms with E-state index < -0.39 is 0 Å². The third-order valence-corrected chi connectivity index (χ3v) is 5.06. The van der Waals surface area contributed by atoms with Crippen LogP contribution in [0.5, 0.6) is 11.5 Å². The molecule has 0 saturated carbocycles. The number of carbonyl (C=O) groups excluding carboxylic acids is 2. The number of nitriles is 1. The fourth-order valence-corrected chi connectivity index (χ4v) is 3.73. The fraction of sp³-hybridized carbons (Fsp3) is 0.227. The summed E-state index contributed by atoms with van der Waals surface area (Å²) in [5, 5.41) is 8.40. The summed E-state index contributed by atoms with van der Waals surface area (Å²) >= 11 is 0.921. The number of rotatable bonds is 7. The quantitative estimate of drug-likeness (QED) is 0.626. The number of hydrogen-bond donors (Lipinski definition) is 0. The first-order valence-electron chi connectivity index (χ1n) is 9.09. The lowest BCUT2D eigenvalue weighted by atomic mass is 10.1. The van der Waals surface area contributed by atoms with Crippen molar-refractivity contribution in [1.29, 1.82) is 5.26 Å². The van der Waals surface area contributed by atoms with Gasteiger partial charge in [-0.25, -0.2) is 0 Å². The lowest BCUT2D eigenvalue weighted by Crippen LogP contribution is -2.27. The van der Waals surface area contributed by atoms with Crippen molar-refractivity contribution in [3.63, 3.8) is 0 Å². The second-order valence-corrected chi connectivity index (χ2v) is 7.34. The van der Waals surface area contributed by atoms with E-state index in [4.69, 9.17) is 14.7 Å². The van der Waals surface area contributed by atoms with Crippen LogP contribution in [-0.2, 0) is 11.3 Å². The molecule has 1 aliphatic rings. The standard InChI is InChI=1S/C22H20N2O4S/c1-3-27-19-12-16(7-8-18(19)28-10-9-23)13-20-21(25)24(22(26)29-20)14-17-6-4-5-15(2)11-17/h4-8,11-13H,3,10,14H2,1-2H3/b20-13-. The molecule has 0 aliphatic carbocycles. The maximum atomic E-state index is 12.8. The minimum Gasteiger partial charge on any atom is -0.490 e. The zero-order valence-corrected chi connectivity index (χ0v) is 17.0. The van der Waals surface area contributed by atoms with E-state index in [-0.39, 0.29) is 24.3 Å². The molecule has 7 heteroatoms. The maximum Gasteiger partial charge on any atom is 0.293 e. The van der Waals surface area contributed by atoms with Crippen molar-refractivity contribution in [2.45, 2.75) is 20.4 Å². The van der Waals surface area contributed by atoms with Crippen molar-refractivity contribution >= 4 is 29.0 Å². The van der Waals surface area contributed by atoms with Gasteiger partial charge in [0.1, 0.15) is 6.07 Å². The van der Waals surface area contributed by atoms with Crippen molar-refractivity contribution in [3.05, 3.63) is 64.1 Å². The number of carbonyl (C=O) groups is 2. The first-order valence-corrected chi connectivity index (χ1v) is 9.91. The number of imide groups is 1. The number of hydrogen-bond acceptors (Lipinski definition) is 6. The van der Waals surface area contributed by atoms with Crippen LogP contribution >= 0.6 is 11.8 Å². The molecule has 0 atom stereocenters. The number of ether oxygens (including phenoxy) is 2. The summed E-state index contributed by atoms with van der Waals surface area (Å²) in [7, 11) is 0. The van der Waals surface area contributed by atoms with E-state index in [9.17, 15) is 9.59 Å². The van der Waals surface area contributed by atoms with Crippen molar-refractivity contribution in [3.8, 4) is 17.6 Å². The molecule has 0 aromatic heterocycles. The van der Waals surface area contributed by atoms with Gasteiger partial charge in [-0.3, -0.25) is 14.5 Å². The molecule has 1 saturated heterocycles. The summed E-state index contributed by atoms with van der Waals surface area (Å²) in [6.07, 6.45) is 1.66. The molecule has 0 radical (unpaired) electrons. The third-order valence-electron chi connectivity index (χ3n) is 4.15. The van der Waals surface area contributed by atoms with E-state index in [1.165, 1.54) is 4.90 Å². The normalized spacial score (nSPS) is 14.9. The molecule has 0 N–H and O–H groups in total. The highest BCUT2D eigenvalue weighted by molar-refractivity contribution is 8.18. The van der Waals surface area contributed by atoms with Gasteiger partial charge in [-0.2, -0.15) is 5.26 Å². The topological polar surface area (TPSA) is 79.6 Å². The van der Waals surface area contributed by atoms with Crippen LogP contribution in [0.25, 0.3) is 6.08 Å². The van der Waals surface area contributed by atoms with Crippen molar-refractivity contribution in [1.82, 2.24) is 4.90 Å². The lowest BCUT2D eigenvalue weighted by molar-refractivity contribution is -0.123.